The van der Waals surface area contributed by atoms with Gasteiger partial charge in [-0.05, 0) is 42.7 Å². The highest BCUT2D eigenvalue weighted by molar-refractivity contribution is 7.98. The lowest BCUT2D eigenvalue weighted by molar-refractivity contribution is 0.627. The van der Waals surface area contributed by atoms with Crippen molar-refractivity contribution in [3.8, 4) is 16.9 Å². The van der Waals surface area contributed by atoms with Gasteiger partial charge in [-0.15, -0.1) is 11.8 Å². The van der Waals surface area contributed by atoms with Crippen LogP contribution in [0, 0.1) is 5.82 Å². The Morgan fingerprint density at radius 1 is 1.00 bits per heavy atom. The maximum absolute atomic E-state index is 13.0. The molecule has 0 saturated carbocycles. The Hall–Kier alpha value is -2.07. The number of hydrogen-bond donors (Lipinski definition) is 0. The minimum atomic E-state index is -0.236. The average Bonchev–Trinajstić information content (AvgIpc) is 2.97. The lowest BCUT2D eigenvalue weighted by atomic mass is 10.1. The van der Waals surface area contributed by atoms with Crippen LogP contribution in [0.2, 0.25) is 0 Å². The second kappa shape index (κ2) is 5.51. The number of hydrogen-bond acceptors (Lipinski definition) is 2. The smallest absolute Gasteiger partial charge is 0.123 e. The first kappa shape index (κ1) is 12.9. The third-order valence-corrected chi connectivity index (χ3v) is 3.87. The van der Waals surface area contributed by atoms with Gasteiger partial charge in [-0.2, -0.15) is 0 Å². The van der Waals surface area contributed by atoms with Crippen molar-refractivity contribution in [2.75, 3.05) is 6.26 Å². The van der Waals surface area contributed by atoms with E-state index in [0.717, 1.165) is 16.9 Å². The quantitative estimate of drug-likeness (QED) is 0.663. The van der Waals surface area contributed by atoms with Gasteiger partial charge in [-0.1, -0.05) is 12.1 Å². The molecule has 0 N–H and O–H groups in total. The van der Waals surface area contributed by atoms with Gasteiger partial charge in [0.1, 0.15) is 5.82 Å². The molecular weight excluding hydrogens is 271 g/mol. The van der Waals surface area contributed by atoms with E-state index in [2.05, 4.69) is 35.5 Å². The van der Waals surface area contributed by atoms with Gasteiger partial charge >= 0.3 is 0 Å². The van der Waals surface area contributed by atoms with Gasteiger partial charge in [-0.3, -0.25) is 4.57 Å². The zero-order valence-corrected chi connectivity index (χ0v) is 11.8. The molecule has 0 amide bonds. The zero-order valence-electron chi connectivity index (χ0n) is 11.0. The first-order valence-electron chi connectivity index (χ1n) is 6.20. The minimum absolute atomic E-state index is 0.236. The topological polar surface area (TPSA) is 17.8 Å². The van der Waals surface area contributed by atoms with Crippen LogP contribution >= 0.6 is 11.8 Å². The highest BCUT2D eigenvalue weighted by Crippen LogP contribution is 2.25. The summed E-state index contributed by atoms with van der Waals surface area (Å²) in [5, 5.41) is 0. The van der Waals surface area contributed by atoms with E-state index in [9.17, 15) is 4.39 Å². The normalized spacial score (nSPS) is 10.7. The van der Waals surface area contributed by atoms with Gasteiger partial charge in [0.25, 0.3) is 0 Å². The Labute approximate surface area is 121 Å². The SMILES string of the molecule is CSc1ccc(-c2cncn2-c2ccc(F)cc2)cc1. The summed E-state index contributed by atoms with van der Waals surface area (Å²) in [4.78, 5) is 5.43. The van der Waals surface area contributed by atoms with Crippen molar-refractivity contribution >= 4 is 11.8 Å². The van der Waals surface area contributed by atoms with Crippen LogP contribution in [0.1, 0.15) is 0 Å². The number of nitrogens with zero attached hydrogens (tertiary/aromatic N) is 2. The second-order valence-electron chi connectivity index (χ2n) is 4.35. The maximum Gasteiger partial charge on any atom is 0.123 e. The molecule has 2 nitrogen and oxygen atoms in total. The predicted molar refractivity (Wildman–Crippen MR) is 80.7 cm³/mol. The summed E-state index contributed by atoms with van der Waals surface area (Å²) < 4.78 is 15.0. The molecule has 0 spiro atoms. The van der Waals surface area contributed by atoms with Crippen LogP contribution < -0.4 is 0 Å². The molecule has 4 heteroatoms. The molecule has 0 fully saturated rings. The third-order valence-electron chi connectivity index (χ3n) is 3.13. The molecule has 2 aromatic carbocycles. The highest BCUT2D eigenvalue weighted by atomic mass is 32.2. The van der Waals surface area contributed by atoms with E-state index >= 15 is 0 Å². The molecule has 0 unspecified atom stereocenters. The molecule has 3 aromatic rings. The minimum Gasteiger partial charge on any atom is -0.299 e. The van der Waals surface area contributed by atoms with Crippen LogP contribution in [-0.4, -0.2) is 15.8 Å². The van der Waals surface area contributed by atoms with Crippen LogP contribution in [0.25, 0.3) is 16.9 Å². The fourth-order valence-electron chi connectivity index (χ4n) is 2.08. The lowest BCUT2D eigenvalue weighted by Crippen LogP contribution is -1.95. The monoisotopic (exact) mass is 284 g/mol. The molecule has 20 heavy (non-hydrogen) atoms. The van der Waals surface area contributed by atoms with Crippen LogP contribution in [-0.2, 0) is 0 Å². The van der Waals surface area contributed by atoms with Crippen LogP contribution in [0.15, 0.2) is 66.0 Å². The molecule has 0 aliphatic carbocycles. The summed E-state index contributed by atoms with van der Waals surface area (Å²) >= 11 is 1.71. The second-order valence-corrected chi connectivity index (χ2v) is 5.23. The van der Waals surface area contributed by atoms with Gasteiger partial charge in [0.2, 0.25) is 0 Å². The van der Waals surface area contributed by atoms with Crippen molar-refractivity contribution in [1.82, 2.24) is 9.55 Å². The number of thioether (sulfide) groups is 1. The fraction of sp³-hybridized carbons (Fsp3) is 0.0625. The van der Waals surface area contributed by atoms with Crippen LogP contribution in [0.5, 0.6) is 0 Å². The van der Waals surface area contributed by atoms with Gasteiger partial charge in [0, 0.05) is 16.1 Å². The summed E-state index contributed by atoms with van der Waals surface area (Å²) in [6.45, 7) is 0. The summed E-state index contributed by atoms with van der Waals surface area (Å²) in [5.41, 5.74) is 2.97. The lowest BCUT2D eigenvalue weighted by Gasteiger charge is -2.08. The zero-order chi connectivity index (χ0) is 13.9. The maximum atomic E-state index is 13.0. The van der Waals surface area contributed by atoms with E-state index in [1.54, 1.807) is 30.2 Å². The molecular formula is C16H13FN2S. The number of imidazole rings is 1. The molecule has 1 heterocycles. The summed E-state index contributed by atoms with van der Waals surface area (Å²) in [6.07, 6.45) is 5.61. The average molecular weight is 284 g/mol. The molecule has 0 bridgehead atoms. The molecule has 0 saturated heterocycles. The van der Waals surface area contributed by atoms with Gasteiger partial charge in [0.05, 0.1) is 18.2 Å². The standard InChI is InChI=1S/C16H13FN2S/c1-20-15-8-2-12(3-9-15)16-10-18-11-19(16)14-6-4-13(17)5-7-14/h2-11H,1H3. The molecule has 0 atom stereocenters. The Morgan fingerprint density at radius 3 is 2.35 bits per heavy atom. The van der Waals surface area contributed by atoms with Gasteiger partial charge < -0.3 is 0 Å². The van der Waals surface area contributed by atoms with Crippen LogP contribution in [0.3, 0.4) is 0 Å². The fourth-order valence-corrected chi connectivity index (χ4v) is 2.49. The number of benzene rings is 2. The van der Waals surface area contributed by atoms with E-state index < -0.39 is 0 Å². The van der Waals surface area contributed by atoms with E-state index in [0.29, 0.717) is 0 Å². The van der Waals surface area contributed by atoms with Crippen LogP contribution in [0.4, 0.5) is 4.39 Å². The summed E-state index contributed by atoms with van der Waals surface area (Å²) in [5.74, 6) is -0.236. The molecule has 100 valence electrons. The third kappa shape index (κ3) is 2.47. The van der Waals surface area contributed by atoms with Gasteiger partial charge in [0.15, 0.2) is 0 Å². The van der Waals surface area contributed by atoms with Crippen molar-refractivity contribution in [3.05, 3.63) is 66.9 Å². The molecule has 3 rings (SSSR count). The number of rotatable bonds is 3. The Morgan fingerprint density at radius 2 is 1.70 bits per heavy atom. The predicted octanol–water partition coefficient (Wildman–Crippen LogP) is 4.40. The molecule has 1 aromatic heterocycles. The summed E-state index contributed by atoms with van der Waals surface area (Å²) in [6, 6.07) is 14.7. The Kier molecular flexibility index (Phi) is 3.56. The number of halogens is 1. The molecule has 0 radical (unpaired) electrons. The van der Waals surface area contributed by atoms with Crippen molar-refractivity contribution in [1.29, 1.82) is 0 Å². The largest absolute Gasteiger partial charge is 0.299 e. The highest BCUT2D eigenvalue weighted by Gasteiger charge is 2.07. The van der Waals surface area contributed by atoms with Crippen molar-refractivity contribution in [3.63, 3.8) is 0 Å². The van der Waals surface area contributed by atoms with E-state index in [-0.39, 0.29) is 5.82 Å². The molecule has 0 aliphatic rings. The van der Waals surface area contributed by atoms with Crippen molar-refractivity contribution in [2.24, 2.45) is 0 Å². The van der Waals surface area contributed by atoms with E-state index in [4.69, 9.17) is 0 Å². The first-order chi connectivity index (χ1) is 9.78. The Balaban J connectivity index is 2.02. The molecule has 0 aliphatic heterocycles. The van der Waals surface area contributed by atoms with Gasteiger partial charge in [-0.25, -0.2) is 9.37 Å². The Bertz CT molecular complexity index is 702. The van der Waals surface area contributed by atoms with E-state index in [1.807, 2.05) is 10.8 Å². The van der Waals surface area contributed by atoms with E-state index in [1.165, 1.54) is 17.0 Å². The first-order valence-corrected chi connectivity index (χ1v) is 7.43. The van der Waals surface area contributed by atoms with Crippen molar-refractivity contribution < 1.29 is 4.39 Å². The summed E-state index contributed by atoms with van der Waals surface area (Å²) in [7, 11) is 0. The number of aromatic nitrogens is 2. The van der Waals surface area contributed by atoms with Crippen molar-refractivity contribution in [2.45, 2.75) is 4.90 Å².